The van der Waals surface area contributed by atoms with E-state index in [0.29, 0.717) is 6.61 Å². The maximum absolute atomic E-state index is 5.52. The van der Waals surface area contributed by atoms with E-state index in [2.05, 4.69) is 28.7 Å². The molecule has 20 heavy (non-hydrogen) atoms. The number of hydrogen-bond donors (Lipinski definition) is 1. The third-order valence-corrected chi connectivity index (χ3v) is 3.27. The summed E-state index contributed by atoms with van der Waals surface area (Å²) in [7, 11) is 0. The molecule has 0 saturated carbocycles. The summed E-state index contributed by atoms with van der Waals surface area (Å²) in [5.74, 6) is 1.93. The number of aromatic amines is 1. The van der Waals surface area contributed by atoms with Crippen molar-refractivity contribution in [2.75, 3.05) is 19.7 Å². The summed E-state index contributed by atoms with van der Waals surface area (Å²) in [5.41, 5.74) is 2.07. The molecule has 0 saturated heterocycles. The Morgan fingerprint density at radius 1 is 1.15 bits per heavy atom. The molecule has 0 atom stereocenters. The van der Waals surface area contributed by atoms with E-state index in [0.717, 1.165) is 42.2 Å². The van der Waals surface area contributed by atoms with E-state index in [4.69, 9.17) is 4.74 Å². The van der Waals surface area contributed by atoms with Gasteiger partial charge >= 0.3 is 0 Å². The minimum atomic E-state index is 0.688. The molecule has 0 radical (unpaired) electrons. The van der Waals surface area contributed by atoms with Crippen LogP contribution in [0.1, 0.15) is 39.4 Å². The normalized spacial score (nSPS) is 11.4. The SMILES string of the molecule is CCCN(CCC)Cc1nc2ccc(OCC)cc2[nH]1. The van der Waals surface area contributed by atoms with Gasteiger partial charge in [-0.15, -0.1) is 0 Å². The van der Waals surface area contributed by atoms with Gasteiger partial charge in [0.1, 0.15) is 11.6 Å². The van der Waals surface area contributed by atoms with Crippen LogP contribution in [-0.2, 0) is 6.54 Å². The van der Waals surface area contributed by atoms with Gasteiger partial charge in [0, 0.05) is 6.07 Å². The van der Waals surface area contributed by atoms with E-state index in [1.54, 1.807) is 0 Å². The summed E-state index contributed by atoms with van der Waals surface area (Å²) in [4.78, 5) is 10.5. The summed E-state index contributed by atoms with van der Waals surface area (Å²) >= 11 is 0. The van der Waals surface area contributed by atoms with Crippen LogP contribution in [0.4, 0.5) is 0 Å². The molecule has 4 heteroatoms. The van der Waals surface area contributed by atoms with Gasteiger partial charge in [0.05, 0.1) is 24.2 Å². The molecule has 2 rings (SSSR count). The fourth-order valence-electron chi connectivity index (χ4n) is 2.49. The lowest BCUT2D eigenvalue weighted by atomic mass is 10.3. The minimum absolute atomic E-state index is 0.688. The van der Waals surface area contributed by atoms with E-state index in [1.807, 2.05) is 25.1 Å². The number of nitrogens with zero attached hydrogens (tertiary/aromatic N) is 2. The minimum Gasteiger partial charge on any atom is -0.494 e. The van der Waals surface area contributed by atoms with Gasteiger partial charge in [0.25, 0.3) is 0 Å². The van der Waals surface area contributed by atoms with Gasteiger partial charge in [-0.2, -0.15) is 0 Å². The Bertz CT molecular complexity index is 530. The molecule has 1 aromatic carbocycles. The number of hydrogen-bond acceptors (Lipinski definition) is 3. The number of imidazole rings is 1. The van der Waals surface area contributed by atoms with Gasteiger partial charge in [0.2, 0.25) is 0 Å². The Balaban J connectivity index is 2.13. The first-order chi connectivity index (χ1) is 9.76. The lowest BCUT2D eigenvalue weighted by molar-refractivity contribution is 0.261. The second-order valence-corrected chi connectivity index (χ2v) is 5.07. The van der Waals surface area contributed by atoms with Crippen molar-refractivity contribution in [3.63, 3.8) is 0 Å². The van der Waals surface area contributed by atoms with E-state index in [1.165, 1.54) is 12.8 Å². The molecule has 1 heterocycles. The predicted octanol–water partition coefficient (Wildman–Crippen LogP) is 3.58. The first kappa shape index (κ1) is 14.9. The van der Waals surface area contributed by atoms with Crippen LogP contribution in [0.25, 0.3) is 11.0 Å². The van der Waals surface area contributed by atoms with Crippen LogP contribution in [0.3, 0.4) is 0 Å². The summed E-state index contributed by atoms with van der Waals surface area (Å²) in [5, 5.41) is 0. The second kappa shape index (κ2) is 7.29. The largest absolute Gasteiger partial charge is 0.494 e. The van der Waals surface area contributed by atoms with Crippen molar-refractivity contribution >= 4 is 11.0 Å². The summed E-state index contributed by atoms with van der Waals surface area (Å²) in [6, 6.07) is 6.02. The Morgan fingerprint density at radius 3 is 2.55 bits per heavy atom. The van der Waals surface area contributed by atoms with Crippen molar-refractivity contribution in [2.45, 2.75) is 40.2 Å². The number of ether oxygens (including phenoxy) is 1. The molecule has 1 aromatic heterocycles. The Kier molecular flexibility index (Phi) is 5.41. The highest BCUT2D eigenvalue weighted by atomic mass is 16.5. The molecule has 0 aliphatic carbocycles. The third-order valence-electron chi connectivity index (χ3n) is 3.27. The molecule has 0 aliphatic rings. The predicted molar refractivity (Wildman–Crippen MR) is 83.1 cm³/mol. The van der Waals surface area contributed by atoms with Gasteiger partial charge in [-0.3, -0.25) is 4.90 Å². The maximum Gasteiger partial charge on any atom is 0.121 e. The Morgan fingerprint density at radius 2 is 1.90 bits per heavy atom. The first-order valence-electron chi connectivity index (χ1n) is 7.60. The standard InChI is InChI=1S/C16H25N3O/c1-4-9-19(10-5-2)12-16-17-14-8-7-13(20-6-3)11-15(14)18-16/h7-8,11H,4-6,9-10,12H2,1-3H3,(H,17,18). The maximum atomic E-state index is 5.52. The lowest BCUT2D eigenvalue weighted by Gasteiger charge is -2.19. The third kappa shape index (κ3) is 3.73. The van der Waals surface area contributed by atoms with Crippen LogP contribution in [0, 0.1) is 0 Å². The highest BCUT2D eigenvalue weighted by Gasteiger charge is 2.08. The van der Waals surface area contributed by atoms with Crippen molar-refractivity contribution in [3.8, 4) is 5.75 Å². The number of benzene rings is 1. The Hall–Kier alpha value is -1.55. The molecular weight excluding hydrogens is 250 g/mol. The van der Waals surface area contributed by atoms with E-state index < -0.39 is 0 Å². The number of fused-ring (bicyclic) bond motifs is 1. The molecule has 4 nitrogen and oxygen atoms in total. The fourth-order valence-corrected chi connectivity index (χ4v) is 2.49. The molecule has 0 bridgehead atoms. The fraction of sp³-hybridized carbons (Fsp3) is 0.562. The van der Waals surface area contributed by atoms with E-state index >= 15 is 0 Å². The highest BCUT2D eigenvalue weighted by molar-refractivity contribution is 5.76. The van der Waals surface area contributed by atoms with Crippen molar-refractivity contribution < 1.29 is 4.74 Å². The molecule has 0 unspecified atom stereocenters. The topological polar surface area (TPSA) is 41.2 Å². The number of nitrogens with one attached hydrogen (secondary N) is 1. The zero-order valence-corrected chi connectivity index (χ0v) is 12.8. The Labute approximate surface area is 121 Å². The monoisotopic (exact) mass is 275 g/mol. The van der Waals surface area contributed by atoms with Crippen molar-refractivity contribution in [2.24, 2.45) is 0 Å². The average Bonchev–Trinajstić information content (AvgIpc) is 2.81. The number of rotatable bonds is 8. The van der Waals surface area contributed by atoms with Crippen molar-refractivity contribution in [3.05, 3.63) is 24.0 Å². The van der Waals surface area contributed by atoms with Gasteiger partial charge < -0.3 is 9.72 Å². The highest BCUT2D eigenvalue weighted by Crippen LogP contribution is 2.19. The summed E-state index contributed by atoms with van der Waals surface area (Å²) in [6.45, 7) is 10.2. The molecule has 0 amide bonds. The van der Waals surface area contributed by atoms with Gasteiger partial charge in [0.15, 0.2) is 0 Å². The molecule has 110 valence electrons. The molecule has 0 fully saturated rings. The molecule has 2 aromatic rings. The van der Waals surface area contributed by atoms with Gasteiger partial charge in [-0.05, 0) is 45.0 Å². The van der Waals surface area contributed by atoms with Crippen LogP contribution >= 0.6 is 0 Å². The van der Waals surface area contributed by atoms with Crippen molar-refractivity contribution in [1.82, 2.24) is 14.9 Å². The van der Waals surface area contributed by atoms with Crippen LogP contribution in [0.2, 0.25) is 0 Å². The van der Waals surface area contributed by atoms with Gasteiger partial charge in [-0.25, -0.2) is 4.98 Å². The van der Waals surface area contributed by atoms with Crippen LogP contribution in [-0.4, -0.2) is 34.6 Å². The zero-order chi connectivity index (χ0) is 14.4. The van der Waals surface area contributed by atoms with Crippen LogP contribution in [0.5, 0.6) is 5.75 Å². The molecule has 0 aliphatic heterocycles. The molecule has 0 spiro atoms. The zero-order valence-electron chi connectivity index (χ0n) is 12.8. The molecule has 1 N–H and O–H groups in total. The summed E-state index contributed by atoms with van der Waals surface area (Å²) in [6.07, 6.45) is 2.35. The number of H-pyrrole nitrogens is 1. The van der Waals surface area contributed by atoms with Gasteiger partial charge in [-0.1, -0.05) is 13.8 Å². The molecular formula is C16H25N3O. The number of aromatic nitrogens is 2. The quantitative estimate of drug-likeness (QED) is 0.800. The van der Waals surface area contributed by atoms with Crippen molar-refractivity contribution in [1.29, 1.82) is 0 Å². The van der Waals surface area contributed by atoms with Crippen LogP contribution < -0.4 is 4.74 Å². The average molecular weight is 275 g/mol. The van der Waals surface area contributed by atoms with E-state index in [-0.39, 0.29) is 0 Å². The second-order valence-electron chi connectivity index (χ2n) is 5.07. The van der Waals surface area contributed by atoms with E-state index in [9.17, 15) is 0 Å². The first-order valence-corrected chi connectivity index (χ1v) is 7.60. The van der Waals surface area contributed by atoms with Crippen LogP contribution in [0.15, 0.2) is 18.2 Å². The lowest BCUT2D eigenvalue weighted by Crippen LogP contribution is -2.25. The summed E-state index contributed by atoms with van der Waals surface area (Å²) < 4.78 is 5.52. The smallest absolute Gasteiger partial charge is 0.121 e.